The summed E-state index contributed by atoms with van der Waals surface area (Å²) in [5.41, 5.74) is 8.48. The molecule has 0 radical (unpaired) electrons. The number of nitrogens with zero attached hydrogens (tertiary/aromatic N) is 3. The second-order valence-corrected chi connectivity index (χ2v) is 7.69. The van der Waals surface area contributed by atoms with Gasteiger partial charge in [0, 0.05) is 17.1 Å². The molecule has 1 aliphatic heterocycles. The van der Waals surface area contributed by atoms with E-state index in [1.54, 1.807) is 4.90 Å². The van der Waals surface area contributed by atoms with Gasteiger partial charge in [0.1, 0.15) is 11.9 Å². The highest BCUT2D eigenvalue weighted by Crippen LogP contribution is 2.35. The van der Waals surface area contributed by atoms with Crippen molar-refractivity contribution in [2.75, 3.05) is 12.3 Å². The lowest BCUT2D eigenvalue weighted by molar-refractivity contribution is 0.0224. The third-order valence-corrected chi connectivity index (χ3v) is 4.65. The third-order valence-electron chi connectivity index (χ3n) is 3.66. The van der Waals surface area contributed by atoms with Gasteiger partial charge in [0.15, 0.2) is 5.16 Å². The Morgan fingerprint density at radius 1 is 1.38 bits per heavy atom. The van der Waals surface area contributed by atoms with Crippen LogP contribution >= 0.6 is 11.8 Å². The first-order valence-electron chi connectivity index (χ1n) is 7.75. The van der Waals surface area contributed by atoms with Crippen LogP contribution in [0.5, 0.6) is 0 Å². The van der Waals surface area contributed by atoms with Gasteiger partial charge >= 0.3 is 6.09 Å². The fourth-order valence-electron chi connectivity index (χ4n) is 2.59. The van der Waals surface area contributed by atoms with Crippen LogP contribution in [-0.4, -0.2) is 38.3 Å². The van der Waals surface area contributed by atoms with Crippen molar-refractivity contribution in [2.24, 2.45) is 0 Å². The summed E-state index contributed by atoms with van der Waals surface area (Å²) in [7, 11) is 0. The van der Waals surface area contributed by atoms with Gasteiger partial charge in [-0.05, 0) is 50.5 Å². The Morgan fingerprint density at radius 3 is 2.83 bits per heavy atom. The van der Waals surface area contributed by atoms with E-state index in [0.29, 0.717) is 18.8 Å². The zero-order chi connectivity index (χ0) is 17.3. The Morgan fingerprint density at radius 2 is 2.17 bits per heavy atom. The molecule has 2 heterocycles. The number of H-pyrrole nitrogens is 1. The van der Waals surface area contributed by atoms with E-state index in [4.69, 9.17) is 10.5 Å². The van der Waals surface area contributed by atoms with Crippen LogP contribution in [0.4, 0.5) is 10.5 Å². The summed E-state index contributed by atoms with van der Waals surface area (Å²) < 4.78 is 5.47. The van der Waals surface area contributed by atoms with Crippen molar-refractivity contribution in [1.29, 1.82) is 0 Å². The minimum absolute atomic E-state index is 0.305. The number of aromatic amines is 1. The van der Waals surface area contributed by atoms with Crippen LogP contribution in [0.15, 0.2) is 28.5 Å². The molecule has 0 bridgehead atoms. The molecular weight excluding hydrogens is 326 g/mol. The molecule has 0 fully saturated rings. The number of amides is 1. The van der Waals surface area contributed by atoms with Crippen LogP contribution in [0, 0.1) is 0 Å². The maximum Gasteiger partial charge on any atom is 0.410 e. The molecule has 3 rings (SSSR count). The molecule has 0 spiro atoms. The molecule has 2 aromatic rings. The van der Waals surface area contributed by atoms with Gasteiger partial charge in [0.2, 0.25) is 0 Å². The zero-order valence-corrected chi connectivity index (χ0v) is 14.8. The van der Waals surface area contributed by atoms with Gasteiger partial charge in [0.25, 0.3) is 0 Å². The smallest absolute Gasteiger partial charge is 0.410 e. The van der Waals surface area contributed by atoms with Crippen molar-refractivity contribution >= 4 is 23.5 Å². The number of carbonyl (C=O) groups is 1. The summed E-state index contributed by atoms with van der Waals surface area (Å²) in [6, 6.07) is 3.86. The predicted molar refractivity (Wildman–Crippen MR) is 91.7 cm³/mol. The van der Waals surface area contributed by atoms with Crippen molar-refractivity contribution in [3.8, 4) is 0 Å². The molecule has 7 nitrogen and oxygen atoms in total. The lowest BCUT2D eigenvalue weighted by Gasteiger charge is -2.32. The molecule has 24 heavy (non-hydrogen) atoms. The number of hydrogen-bond donors (Lipinski definition) is 2. The number of anilines is 1. The van der Waals surface area contributed by atoms with Crippen LogP contribution in [-0.2, 0) is 17.7 Å². The number of hydrogen-bond acceptors (Lipinski definition) is 6. The number of ether oxygens (including phenoxy) is 1. The van der Waals surface area contributed by atoms with E-state index in [1.165, 1.54) is 18.1 Å². The van der Waals surface area contributed by atoms with E-state index in [1.807, 2.05) is 32.9 Å². The quantitative estimate of drug-likeness (QED) is 0.811. The average molecular weight is 347 g/mol. The Bertz CT molecular complexity index is 740. The number of carbonyl (C=O) groups excluding carboxylic acids is 1. The molecule has 0 unspecified atom stereocenters. The first-order valence-corrected chi connectivity index (χ1v) is 8.56. The SMILES string of the molecule is CC(C)(C)OC(=O)N1CCc2c(Sc3ncn[nH]3)ccc(N)c2C1. The molecule has 1 aromatic heterocycles. The Labute approximate surface area is 145 Å². The maximum atomic E-state index is 12.3. The average Bonchev–Trinajstić information content (AvgIpc) is 3.01. The molecule has 0 saturated heterocycles. The van der Waals surface area contributed by atoms with Crippen molar-refractivity contribution in [3.63, 3.8) is 0 Å². The molecule has 8 heteroatoms. The van der Waals surface area contributed by atoms with E-state index in [0.717, 1.165) is 27.6 Å². The number of aromatic nitrogens is 3. The van der Waals surface area contributed by atoms with E-state index in [2.05, 4.69) is 15.2 Å². The fraction of sp³-hybridized carbons (Fsp3) is 0.438. The minimum Gasteiger partial charge on any atom is -0.444 e. The molecule has 1 aliphatic rings. The molecule has 0 saturated carbocycles. The second kappa shape index (κ2) is 6.35. The summed E-state index contributed by atoms with van der Waals surface area (Å²) >= 11 is 1.52. The van der Waals surface area contributed by atoms with Crippen LogP contribution in [0.25, 0.3) is 0 Å². The standard InChI is InChI=1S/C16H21N5O2S/c1-16(2,3)23-15(22)21-7-6-10-11(8-21)12(17)4-5-13(10)24-14-18-9-19-20-14/h4-5,9H,6-8,17H2,1-3H3,(H,18,19,20). The summed E-state index contributed by atoms with van der Waals surface area (Å²) in [6.45, 7) is 6.66. The number of nitrogen functional groups attached to an aromatic ring is 1. The monoisotopic (exact) mass is 347 g/mol. The molecule has 128 valence electrons. The normalized spacial score (nSPS) is 14.4. The van der Waals surface area contributed by atoms with Crippen molar-refractivity contribution in [2.45, 2.75) is 49.4 Å². The summed E-state index contributed by atoms with van der Waals surface area (Å²) in [6.07, 6.45) is 1.91. The molecule has 0 aliphatic carbocycles. The fourth-order valence-corrected chi connectivity index (χ4v) is 3.48. The van der Waals surface area contributed by atoms with Crippen molar-refractivity contribution < 1.29 is 9.53 Å². The predicted octanol–water partition coefficient (Wildman–Crippen LogP) is 2.83. The molecule has 1 amide bonds. The van der Waals surface area contributed by atoms with E-state index in [9.17, 15) is 4.79 Å². The highest BCUT2D eigenvalue weighted by atomic mass is 32.2. The van der Waals surface area contributed by atoms with E-state index < -0.39 is 5.60 Å². The second-order valence-electron chi connectivity index (χ2n) is 6.65. The van der Waals surface area contributed by atoms with Crippen LogP contribution in [0.2, 0.25) is 0 Å². The highest BCUT2D eigenvalue weighted by Gasteiger charge is 2.28. The van der Waals surface area contributed by atoms with Crippen molar-refractivity contribution in [3.05, 3.63) is 29.6 Å². The number of nitrogens with two attached hydrogens (primary N) is 1. The zero-order valence-electron chi connectivity index (χ0n) is 14.0. The Hall–Kier alpha value is -2.22. The number of nitrogens with one attached hydrogen (secondary N) is 1. The van der Waals surface area contributed by atoms with Gasteiger partial charge in [-0.15, -0.1) is 0 Å². The van der Waals surface area contributed by atoms with Gasteiger partial charge in [-0.1, -0.05) is 11.8 Å². The van der Waals surface area contributed by atoms with Gasteiger partial charge in [-0.2, -0.15) is 5.10 Å². The summed E-state index contributed by atoms with van der Waals surface area (Å²) in [5, 5.41) is 7.44. The lowest BCUT2D eigenvalue weighted by atomic mass is 9.98. The van der Waals surface area contributed by atoms with Crippen molar-refractivity contribution in [1.82, 2.24) is 20.1 Å². The van der Waals surface area contributed by atoms with Crippen LogP contribution < -0.4 is 5.73 Å². The van der Waals surface area contributed by atoms with E-state index >= 15 is 0 Å². The maximum absolute atomic E-state index is 12.3. The molecule has 0 atom stereocenters. The molecular formula is C16H21N5O2S. The summed E-state index contributed by atoms with van der Waals surface area (Å²) in [5.74, 6) is 0. The topological polar surface area (TPSA) is 97.1 Å². The highest BCUT2D eigenvalue weighted by molar-refractivity contribution is 7.99. The minimum atomic E-state index is -0.507. The third kappa shape index (κ3) is 3.64. The largest absolute Gasteiger partial charge is 0.444 e. The number of fused-ring (bicyclic) bond motifs is 1. The van der Waals surface area contributed by atoms with Gasteiger partial charge in [-0.3, -0.25) is 5.10 Å². The van der Waals surface area contributed by atoms with Crippen LogP contribution in [0.3, 0.4) is 0 Å². The van der Waals surface area contributed by atoms with E-state index in [-0.39, 0.29) is 6.09 Å². The number of rotatable bonds is 2. The van der Waals surface area contributed by atoms with Gasteiger partial charge in [0.05, 0.1) is 6.54 Å². The van der Waals surface area contributed by atoms with Gasteiger partial charge in [-0.25, -0.2) is 9.78 Å². The van der Waals surface area contributed by atoms with Gasteiger partial charge < -0.3 is 15.4 Å². The lowest BCUT2D eigenvalue weighted by Crippen LogP contribution is -2.40. The molecule has 3 N–H and O–H groups in total. The summed E-state index contributed by atoms with van der Waals surface area (Å²) in [4.78, 5) is 19.2. The Balaban J connectivity index is 1.82. The Kier molecular flexibility index (Phi) is 4.40. The first-order chi connectivity index (χ1) is 11.3. The first kappa shape index (κ1) is 16.6. The van der Waals surface area contributed by atoms with Crippen LogP contribution in [0.1, 0.15) is 31.9 Å². The molecule has 1 aromatic carbocycles. The number of benzene rings is 1.